The van der Waals surface area contributed by atoms with E-state index >= 15 is 0 Å². The second-order valence-corrected chi connectivity index (χ2v) is 7.64. The number of imide groups is 1. The molecule has 0 unspecified atom stereocenters. The van der Waals surface area contributed by atoms with Crippen LogP contribution in [0, 0.1) is 0 Å². The molecule has 0 saturated carbocycles. The molecule has 0 radical (unpaired) electrons. The summed E-state index contributed by atoms with van der Waals surface area (Å²) in [7, 11) is 0. The third-order valence-electron chi connectivity index (χ3n) is 6.04. The standard InChI is InChI=1S/C23H19N3O3/c27-22-19(15-4-2-6-18-14(15)7-10-29-18)20(23(28)25-22)17-12-26-9-8-24-11-13-3-1-5-16(17)21(13)26/h1-6,12,24H,7-11H2,(H,25,27,28). The van der Waals surface area contributed by atoms with E-state index in [2.05, 4.69) is 21.3 Å². The maximum Gasteiger partial charge on any atom is 0.259 e. The van der Waals surface area contributed by atoms with E-state index in [1.54, 1.807) is 0 Å². The number of carbonyl (C=O) groups is 2. The largest absolute Gasteiger partial charge is 0.493 e. The maximum atomic E-state index is 12.9. The summed E-state index contributed by atoms with van der Waals surface area (Å²) in [5.41, 5.74) is 5.87. The molecule has 0 bridgehead atoms. The van der Waals surface area contributed by atoms with Crippen molar-refractivity contribution in [2.75, 3.05) is 13.2 Å². The molecule has 6 rings (SSSR count). The minimum atomic E-state index is -0.337. The zero-order valence-corrected chi connectivity index (χ0v) is 15.7. The molecule has 6 heteroatoms. The molecular weight excluding hydrogens is 366 g/mol. The molecule has 3 aliphatic rings. The van der Waals surface area contributed by atoms with Crippen LogP contribution in [0.2, 0.25) is 0 Å². The number of nitrogens with zero attached hydrogens (tertiary/aromatic N) is 1. The molecule has 0 aliphatic carbocycles. The average Bonchev–Trinajstić information content (AvgIpc) is 3.36. The molecule has 6 nitrogen and oxygen atoms in total. The van der Waals surface area contributed by atoms with Gasteiger partial charge in [-0.1, -0.05) is 30.3 Å². The number of nitrogens with one attached hydrogen (secondary N) is 2. The van der Waals surface area contributed by atoms with E-state index in [4.69, 9.17) is 4.74 Å². The van der Waals surface area contributed by atoms with Crippen LogP contribution < -0.4 is 15.4 Å². The van der Waals surface area contributed by atoms with Crippen LogP contribution in [0.4, 0.5) is 0 Å². The zero-order chi connectivity index (χ0) is 19.5. The Morgan fingerprint density at radius 1 is 0.966 bits per heavy atom. The topological polar surface area (TPSA) is 72.4 Å². The molecule has 144 valence electrons. The highest BCUT2D eigenvalue weighted by molar-refractivity contribution is 6.50. The highest BCUT2D eigenvalue weighted by Crippen LogP contribution is 2.40. The SMILES string of the molecule is O=C1NC(=O)C(c2cn3c4c(cccc24)CNCC3)=C1c1cccc2c1CCO2. The highest BCUT2D eigenvalue weighted by atomic mass is 16.5. The zero-order valence-electron chi connectivity index (χ0n) is 15.7. The van der Waals surface area contributed by atoms with Crippen molar-refractivity contribution in [2.24, 2.45) is 0 Å². The number of para-hydroxylation sites is 1. The number of hydrogen-bond donors (Lipinski definition) is 2. The normalized spacial score (nSPS) is 18.1. The molecule has 0 fully saturated rings. The predicted octanol–water partition coefficient (Wildman–Crippen LogP) is 2.25. The number of rotatable bonds is 2. The molecule has 29 heavy (non-hydrogen) atoms. The summed E-state index contributed by atoms with van der Waals surface area (Å²) in [5.74, 6) is 0.129. The number of hydrogen-bond acceptors (Lipinski definition) is 4. The number of ether oxygens (including phenoxy) is 1. The van der Waals surface area contributed by atoms with Gasteiger partial charge in [-0.2, -0.15) is 0 Å². The fourth-order valence-electron chi connectivity index (χ4n) is 4.80. The van der Waals surface area contributed by atoms with Crippen LogP contribution in [0.15, 0.2) is 42.6 Å². The van der Waals surface area contributed by atoms with Gasteiger partial charge >= 0.3 is 0 Å². The summed E-state index contributed by atoms with van der Waals surface area (Å²) < 4.78 is 7.87. The third-order valence-corrected chi connectivity index (χ3v) is 6.04. The highest BCUT2D eigenvalue weighted by Gasteiger charge is 2.36. The van der Waals surface area contributed by atoms with Gasteiger partial charge in [-0.15, -0.1) is 0 Å². The van der Waals surface area contributed by atoms with Gasteiger partial charge in [0.15, 0.2) is 0 Å². The van der Waals surface area contributed by atoms with Crippen LogP contribution >= 0.6 is 0 Å². The van der Waals surface area contributed by atoms with Crippen LogP contribution in [0.5, 0.6) is 5.75 Å². The first-order valence-corrected chi connectivity index (χ1v) is 9.89. The lowest BCUT2D eigenvalue weighted by Crippen LogP contribution is -2.23. The summed E-state index contributed by atoms with van der Waals surface area (Å²) in [4.78, 5) is 25.8. The molecule has 0 atom stereocenters. The summed E-state index contributed by atoms with van der Waals surface area (Å²) in [5, 5.41) is 6.96. The number of fused-ring (bicyclic) bond motifs is 1. The lowest BCUT2D eigenvalue weighted by Gasteiger charge is -2.09. The summed E-state index contributed by atoms with van der Waals surface area (Å²) in [6.45, 7) is 3.07. The first kappa shape index (κ1) is 16.6. The van der Waals surface area contributed by atoms with Gasteiger partial charge < -0.3 is 14.6 Å². The van der Waals surface area contributed by atoms with Gasteiger partial charge in [-0.3, -0.25) is 14.9 Å². The van der Waals surface area contributed by atoms with Gasteiger partial charge in [0.2, 0.25) is 0 Å². The van der Waals surface area contributed by atoms with E-state index < -0.39 is 0 Å². The van der Waals surface area contributed by atoms with Gasteiger partial charge in [0.1, 0.15) is 5.75 Å². The Labute approximate surface area is 167 Å². The predicted molar refractivity (Wildman–Crippen MR) is 109 cm³/mol. The van der Waals surface area contributed by atoms with Crippen molar-refractivity contribution >= 4 is 33.9 Å². The maximum absolute atomic E-state index is 12.9. The van der Waals surface area contributed by atoms with Crippen LogP contribution in [-0.2, 0) is 29.1 Å². The average molecular weight is 385 g/mol. The monoisotopic (exact) mass is 385 g/mol. The Morgan fingerprint density at radius 3 is 2.69 bits per heavy atom. The Balaban J connectivity index is 1.66. The molecule has 0 spiro atoms. The lowest BCUT2D eigenvalue weighted by molar-refractivity contribution is -0.122. The molecule has 2 aromatic carbocycles. The molecule has 3 aliphatic heterocycles. The summed E-state index contributed by atoms with van der Waals surface area (Å²) in [6, 6.07) is 11.9. The molecular formula is C23H19N3O3. The van der Waals surface area contributed by atoms with E-state index in [1.165, 1.54) is 5.56 Å². The second kappa shape index (κ2) is 6.06. The fraction of sp³-hybridized carbons (Fsp3) is 0.217. The summed E-state index contributed by atoms with van der Waals surface area (Å²) >= 11 is 0. The van der Waals surface area contributed by atoms with Crippen molar-refractivity contribution in [3.05, 3.63) is 64.8 Å². The first-order chi connectivity index (χ1) is 14.2. The van der Waals surface area contributed by atoms with Gasteiger partial charge in [0.25, 0.3) is 11.8 Å². The van der Waals surface area contributed by atoms with Crippen molar-refractivity contribution in [3.8, 4) is 5.75 Å². The van der Waals surface area contributed by atoms with Crippen LogP contribution in [0.3, 0.4) is 0 Å². The van der Waals surface area contributed by atoms with Gasteiger partial charge in [-0.05, 0) is 17.2 Å². The minimum Gasteiger partial charge on any atom is -0.493 e. The molecule has 3 aromatic rings. The van der Waals surface area contributed by atoms with Crippen molar-refractivity contribution in [1.29, 1.82) is 0 Å². The van der Waals surface area contributed by atoms with E-state index in [1.807, 2.05) is 36.5 Å². The van der Waals surface area contributed by atoms with E-state index in [-0.39, 0.29) is 11.8 Å². The number of amides is 2. The lowest BCUT2D eigenvalue weighted by atomic mass is 9.92. The Bertz CT molecular complexity index is 1250. The number of aromatic nitrogens is 1. The molecule has 0 saturated heterocycles. The summed E-state index contributed by atoms with van der Waals surface area (Å²) in [6.07, 6.45) is 2.76. The van der Waals surface area contributed by atoms with Crippen molar-refractivity contribution in [3.63, 3.8) is 0 Å². The molecule has 2 amide bonds. The van der Waals surface area contributed by atoms with Crippen molar-refractivity contribution in [2.45, 2.75) is 19.5 Å². The van der Waals surface area contributed by atoms with Gasteiger partial charge in [0.05, 0.1) is 23.3 Å². The van der Waals surface area contributed by atoms with Crippen molar-refractivity contribution < 1.29 is 14.3 Å². The van der Waals surface area contributed by atoms with Gasteiger partial charge in [0, 0.05) is 48.8 Å². The van der Waals surface area contributed by atoms with E-state index in [9.17, 15) is 9.59 Å². The van der Waals surface area contributed by atoms with Crippen LogP contribution in [0.1, 0.15) is 22.3 Å². The fourth-order valence-corrected chi connectivity index (χ4v) is 4.80. The Hall–Kier alpha value is -3.38. The second-order valence-electron chi connectivity index (χ2n) is 7.64. The van der Waals surface area contributed by atoms with Gasteiger partial charge in [-0.25, -0.2) is 0 Å². The first-order valence-electron chi connectivity index (χ1n) is 9.89. The molecule has 2 N–H and O–H groups in total. The molecule has 4 heterocycles. The smallest absolute Gasteiger partial charge is 0.259 e. The Morgan fingerprint density at radius 2 is 1.79 bits per heavy atom. The van der Waals surface area contributed by atoms with Crippen LogP contribution in [-0.4, -0.2) is 29.5 Å². The Kier molecular flexibility index (Phi) is 3.46. The van der Waals surface area contributed by atoms with Crippen LogP contribution in [0.25, 0.3) is 22.0 Å². The number of carbonyl (C=O) groups excluding carboxylic acids is 2. The third kappa shape index (κ3) is 2.32. The van der Waals surface area contributed by atoms with E-state index in [0.29, 0.717) is 17.8 Å². The van der Waals surface area contributed by atoms with Crippen molar-refractivity contribution in [1.82, 2.24) is 15.2 Å². The number of benzene rings is 2. The molecule has 1 aromatic heterocycles. The minimum absolute atomic E-state index is 0.332. The van der Waals surface area contributed by atoms with E-state index in [0.717, 1.165) is 59.4 Å². The quantitative estimate of drug-likeness (QED) is 0.664.